The van der Waals surface area contributed by atoms with Gasteiger partial charge < -0.3 is 10.2 Å². The van der Waals surface area contributed by atoms with E-state index in [-0.39, 0.29) is 18.2 Å². The molecule has 0 bridgehead atoms. The van der Waals surface area contributed by atoms with E-state index >= 15 is 0 Å². The Morgan fingerprint density at radius 2 is 1.70 bits per heavy atom. The molecule has 1 N–H and O–H groups in total. The van der Waals surface area contributed by atoms with Crippen molar-refractivity contribution in [1.29, 1.82) is 0 Å². The van der Waals surface area contributed by atoms with Crippen molar-refractivity contribution < 1.29 is 9.59 Å². The molecule has 1 atom stereocenters. The van der Waals surface area contributed by atoms with Gasteiger partial charge in [-0.15, -0.1) is 0 Å². The molecule has 2 amide bonds. The Bertz CT molecular complexity index is 768. The predicted octanol–water partition coefficient (Wildman–Crippen LogP) is 3.79. The summed E-state index contributed by atoms with van der Waals surface area (Å²) in [5.74, 6) is -0.152. The van der Waals surface area contributed by atoms with E-state index in [4.69, 9.17) is 0 Å². The average molecular weight is 367 g/mol. The van der Waals surface area contributed by atoms with Gasteiger partial charge in [0.15, 0.2) is 0 Å². The number of rotatable bonds is 8. The van der Waals surface area contributed by atoms with Crippen LogP contribution in [0.2, 0.25) is 0 Å². The Labute approximate surface area is 162 Å². The van der Waals surface area contributed by atoms with Crippen molar-refractivity contribution in [3.8, 4) is 0 Å². The van der Waals surface area contributed by atoms with Crippen LogP contribution in [0, 0.1) is 13.8 Å². The largest absolute Gasteiger partial charge is 0.354 e. The molecule has 4 nitrogen and oxygen atoms in total. The molecule has 0 heterocycles. The molecule has 2 aromatic carbocycles. The molecule has 0 aliphatic heterocycles. The Balaban J connectivity index is 2.20. The number of hydrogen-bond donors (Lipinski definition) is 1. The minimum absolute atomic E-state index is 0.0421. The predicted molar refractivity (Wildman–Crippen MR) is 109 cm³/mol. The quantitative estimate of drug-likeness (QED) is 0.773. The average Bonchev–Trinajstić information content (AvgIpc) is 2.65. The smallest absolute Gasteiger partial charge is 0.242 e. The molecule has 0 saturated carbocycles. The van der Waals surface area contributed by atoms with Crippen molar-refractivity contribution in [2.75, 3.05) is 6.54 Å². The Morgan fingerprint density at radius 1 is 1.00 bits per heavy atom. The van der Waals surface area contributed by atoms with Gasteiger partial charge in [-0.3, -0.25) is 9.59 Å². The summed E-state index contributed by atoms with van der Waals surface area (Å²) in [5.41, 5.74) is 4.29. The third kappa shape index (κ3) is 6.24. The van der Waals surface area contributed by atoms with Crippen LogP contribution in [0.25, 0.3) is 0 Å². The van der Waals surface area contributed by atoms with E-state index < -0.39 is 6.04 Å². The summed E-state index contributed by atoms with van der Waals surface area (Å²) < 4.78 is 0. The summed E-state index contributed by atoms with van der Waals surface area (Å²) in [5, 5.41) is 2.90. The number of benzene rings is 2. The van der Waals surface area contributed by atoms with Crippen LogP contribution < -0.4 is 5.32 Å². The molecule has 0 aliphatic rings. The molecule has 0 saturated heterocycles. The van der Waals surface area contributed by atoms with Crippen LogP contribution in [0.1, 0.15) is 42.5 Å². The molecule has 0 aromatic heterocycles. The topological polar surface area (TPSA) is 49.4 Å². The lowest BCUT2D eigenvalue weighted by molar-refractivity contribution is -0.140. The van der Waals surface area contributed by atoms with E-state index in [1.165, 1.54) is 0 Å². The van der Waals surface area contributed by atoms with Crippen molar-refractivity contribution in [3.63, 3.8) is 0 Å². The fraction of sp³-hybridized carbons (Fsp3) is 0.391. The number of nitrogens with zero attached hydrogens (tertiary/aromatic N) is 1. The summed E-state index contributed by atoms with van der Waals surface area (Å²) in [4.78, 5) is 27.2. The van der Waals surface area contributed by atoms with Crippen molar-refractivity contribution in [1.82, 2.24) is 10.2 Å². The number of carbonyl (C=O) groups excluding carboxylic acids is 2. The van der Waals surface area contributed by atoms with Crippen LogP contribution in [0.4, 0.5) is 0 Å². The standard InChI is InChI=1S/C23H30N2O2/c1-5-13-24-23(27)19(4)25(16-21-8-6-7-18(3)14-21)22(26)15-20-11-9-17(2)10-12-20/h6-12,14,19H,5,13,15-16H2,1-4H3,(H,24,27). The summed E-state index contributed by atoms with van der Waals surface area (Å²) >= 11 is 0. The van der Waals surface area contributed by atoms with Crippen LogP contribution in [-0.2, 0) is 22.6 Å². The first-order chi connectivity index (χ1) is 12.9. The monoisotopic (exact) mass is 366 g/mol. The number of aryl methyl sites for hydroxylation is 2. The first-order valence-corrected chi connectivity index (χ1v) is 9.59. The van der Waals surface area contributed by atoms with E-state index in [1.54, 1.807) is 11.8 Å². The van der Waals surface area contributed by atoms with Gasteiger partial charge in [-0.25, -0.2) is 0 Å². The summed E-state index contributed by atoms with van der Waals surface area (Å²) in [6.45, 7) is 8.90. The lowest BCUT2D eigenvalue weighted by atomic mass is 10.1. The highest BCUT2D eigenvalue weighted by Crippen LogP contribution is 2.14. The lowest BCUT2D eigenvalue weighted by Gasteiger charge is -2.29. The van der Waals surface area contributed by atoms with E-state index in [2.05, 4.69) is 11.4 Å². The summed E-state index contributed by atoms with van der Waals surface area (Å²) in [6.07, 6.45) is 1.16. The molecule has 4 heteroatoms. The van der Waals surface area contributed by atoms with Crippen molar-refractivity contribution in [2.24, 2.45) is 0 Å². The summed E-state index contributed by atoms with van der Waals surface area (Å²) in [6, 6.07) is 15.5. The van der Waals surface area contributed by atoms with Crippen molar-refractivity contribution in [3.05, 3.63) is 70.8 Å². The van der Waals surface area contributed by atoms with Crippen LogP contribution >= 0.6 is 0 Å². The second-order valence-electron chi connectivity index (χ2n) is 7.14. The first kappa shape index (κ1) is 20.7. The highest BCUT2D eigenvalue weighted by atomic mass is 16.2. The molecular formula is C23H30N2O2. The fourth-order valence-electron chi connectivity index (χ4n) is 2.97. The van der Waals surface area contributed by atoms with Gasteiger partial charge in [0.1, 0.15) is 6.04 Å². The van der Waals surface area contributed by atoms with Crippen LogP contribution in [0.5, 0.6) is 0 Å². The van der Waals surface area contributed by atoms with Crippen LogP contribution in [-0.4, -0.2) is 29.3 Å². The van der Waals surface area contributed by atoms with E-state index in [9.17, 15) is 9.59 Å². The van der Waals surface area contributed by atoms with Gasteiger partial charge in [0, 0.05) is 13.1 Å². The third-order valence-electron chi connectivity index (χ3n) is 4.63. The van der Waals surface area contributed by atoms with Gasteiger partial charge in [-0.2, -0.15) is 0 Å². The maximum absolute atomic E-state index is 13.1. The number of nitrogens with one attached hydrogen (secondary N) is 1. The first-order valence-electron chi connectivity index (χ1n) is 9.59. The number of amides is 2. The Kier molecular flexibility index (Phi) is 7.59. The minimum atomic E-state index is -0.519. The molecule has 0 spiro atoms. The summed E-state index contributed by atoms with van der Waals surface area (Å²) in [7, 11) is 0. The molecule has 2 aromatic rings. The fourth-order valence-corrected chi connectivity index (χ4v) is 2.97. The SMILES string of the molecule is CCCNC(=O)C(C)N(Cc1cccc(C)c1)C(=O)Cc1ccc(C)cc1. The van der Waals surface area contributed by atoms with Gasteiger partial charge in [0.2, 0.25) is 11.8 Å². The maximum atomic E-state index is 13.1. The molecular weight excluding hydrogens is 336 g/mol. The van der Waals surface area contributed by atoms with Gasteiger partial charge >= 0.3 is 0 Å². The minimum Gasteiger partial charge on any atom is -0.354 e. The third-order valence-corrected chi connectivity index (χ3v) is 4.63. The van der Waals surface area contributed by atoms with Gasteiger partial charge in [-0.05, 0) is 38.3 Å². The lowest BCUT2D eigenvalue weighted by Crippen LogP contribution is -2.48. The Hall–Kier alpha value is -2.62. The van der Waals surface area contributed by atoms with Crippen molar-refractivity contribution in [2.45, 2.75) is 53.1 Å². The van der Waals surface area contributed by atoms with E-state index in [0.717, 1.165) is 28.7 Å². The molecule has 27 heavy (non-hydrogen) atoms. The highest BCUT2D eigenvalue weighted by Gasteiger charge is 2.26. The number of hydrogen-bond acceptors (Lipinski definition) is 2. The zero-order valence-electron chi connectivity index (χ0n) is 16.8. The molecule has 2 rings (SSSR count). The molecule has 0 radical (unpaired) electrons. The van der Waals surface area contributed by atoms with Gasteiger partial charge in [0.05, 0.1) is 6.42 Å². The Morgan fingerprint density at radius 3 is 2.33 bits per heavy atom. The second-order valence-corrected chi connectivity index (χ2v) is 7.14. The van der Waals surface area contributed by atoms with E-state index in [0.29, 0.717) is 13.1 Å². The molecule has 0 fully saturated rings. The van der Waals surface area contributed by atoms with Gasteiger partial charge in [-0.1, -0.05) is 66.6 Å². The molecule has 0 aliphatic carbocycles. The van der Waals surface area contributed by atoms with Gasteiger partial charge in [0.25, 0.3) is 0 Å². The maximum Gasteiger partial charge on any atom is 0.242 e. The van der Waals surface area contributed by atoms with Crippen LogP contribution in [0.15, 0.2) is 48.5 Å². The zero-order chi connectivity index (χ0) is 19.8. The zero-order valence-corrected chi connectivity index (χ0v) is 16.8. The van der Waals surface area contributed by atoms with E-state index in [1.807, 2.05) is 63.2 Å². The highest BCUT2D eigenvalue weighted by molar-refractivity contribution is 5.88. The van der Waals surface area contributed by atoms with Crippen molar-refractivity contribution >= 4 is 11.8 Å². The molecule has 144 valence electrons. The molecule has 1 unspecified atom stereocenters. The number of carbonyl (C=O) groups is 2. The second kappa shape index (κ2) is 9.91. The van der Waals surface area contributed by atoms with Crippen LogP contribution in [0.3, 0.4) is 0 Å². The normalized spacial score (nSPS) is 11.7.